The molecule has 5 nitrogen and oxygen atoms in total. The summed E-state index contributed by atoms with van der Waals surface area (Å²) in [6, 6.07) is 11.4. The molecule has 2 amide bonds. The molecule has 1 aromatic heterocycles. The Morgan fingerprint density at radius 2 is 2.17 bits per heavy atom. The van der Waals surface area contributed by atoms with Gasteiger partial charge in [-0.15, -0.1) is 0 Å². The van der Waals surface area contributed by atoms with Crippen molar-refractivity contribution >= 4 is 6.03 Å². The Labute approximate surface area is 135 Å². The molecule has 0 aliphatic heterocycles. The molecule has 0 radical (unpaired) electrons. The van der Waals surface area contributed by atoms with Gasteiger partial charge in [0.05, 0.1) is 18.8 Å². The first kappa shape index (κ1) is 15.6. The molecule has 23 heavy (non-hydrogen) atoms. The number of aliphatic hydroxyl groups is 1. The normalized spacial score (nSPS) is 19.5. The van der Waals surface area contributed by atoms with Crippen molar-refractivity contribution in [1.29, 1.82) is 0 Å². The first-order valence-corrected chi connectivity index (χ1v) is 7.95. The van der Waals surface area contributed by atoms with Gasteiger partial charge in [-0.3, -0.25) is 0 Å². The van der Waals surface area contributed by atoms with Crippen LogP contribution in [-0.4, -0.2) is 17.7 Å². The summed E-state index contributed by atoms with van der Waals surface area (Å²) >= 11 is 0. The van der Waals surface area contributed by atoms with Crippen molar-refractivity contribution in [2.45, 2.75) is 37.8 Å². The summed E-state index contributed by atoms with van der Waals surface area (Å²) in [4.78, 5) is 12.2. The molecule has 0 spiro atoms. The van der Waals surface area contributed by atoms with Gasteiger partial charge in [-0.1, -0.05) is 24.3 Å². The van der Waals surface area contributed by atoms with Crippen LogP contribution >= 0.6 is 0 Å². The molecule has 0 fully saturated rings. The van der Waals surface area contributed by atoms with Crippen LogP contribution in [0.3, 0.4) is 0 Å². The number of hydrogen-bond donors (Lipinski definition) is 3. The van der Waals surface area contributed by atoms with E-state index < -0.39 is 5.60 Å². The zero-order chi connectivity index (χ0) is 16.3. The Bertz CT molecular complexity index is 665. The summed E-state index contributed by atoms with van der Waals surface area (Å²) in [5.41, 5.74) is 1.25. The molecule has 1 aliphatic rings. The van der Waals surface area contributed by atoms with Crippen molar-refractivity contribution in [2.24, 2.45) is 0 Å². The van der Waals surface area contributed by atoms with Crippen LogP contribution in [-0.2, 0) is 12.0 Å². The van der Waals surface area contributed by atoms with E-state index in [0.717, 1.165) is 19.3 Å². The molecule has 122 valence electrons. The molecule has 1 aromatic carbocycles. The van der Waals surface area contributed by atoms with Crippen LogP contribution in [0.5, 0.6) is 0 Å². The third kappa shape index (κ3) is 3.56. The van der Waals surface area contributed by atoms with Crippen LogP contribution in [0.1, 0.15) is 42.7 Å². The van der Waals surface area contributed by atoms with Gasteiger partial charge in [0.2, 0.25) is 0 Å². The summed E-state index contributed by atoms with van der Waals surface area (Å²) in [7, 11) is 0. The van der Waals surface area contributed by atoms with Gasteiger partial charge in [0.25, 0.3) is 0 Å². The van der Waals surface area contributed by atoms with Crippen LogP contribution in [0.25, 0.3) is 0 Å². The second-order valence-electron chi connectivity index (χ2n) is 6.22. The highest BCUT2D eigenvalue weighted by atomic mass is 16.4. The predicted molar refractivity (Wildman–Crippen MR) is 86.9 cm³/mol. The van der Waals surface area contributed by atoms with E-state index in [2.05, 4.69) is 22.8 Å². The molecule has 1 aliphatic carbocycles. The van der Waals surface area contributed by atoms with Crippen molar-refractivity contribution in [3.63, 3.8) is 0 Å². The maximum atomic E-state index is 12.2. The third-order valence-corrected chi connectivity index (χ3v) is 4.32. The zero-order valence-electron chi connectivity index (χ0n) is 13.2. The van der Waals surface area contributed by atoms with E-state index in [1.54, 1.807) is 19.1 Å². The lowest BCUT2D eigenvalue weighted by Crippen LogP contribution is -2.44. The highest BCUT2D eigenvalue weighted by Gasteiger charge is 2.27. The van der Waals surface area contributed by atoms with Crippen LogP contribution < -0.4 is 10.6 Å². The minimum atomic E-state index is -1.23. The van der Waals surface area contributed by atoms with Gasteiger partial charge in [-0.05, 0) is 49.4 Å². The SMILES string of the molecule is C[C@@](O)(CNC(=O)N[C@@H]1CCCc2ccccc21)c1ccco1. The molecule has 3 N–H and O–H groups in total. The molecule has 0 saturated heterocycles. The number of rotatable bonds is 4. The number of furan rings is 1. The summed E-state index contributed by atoms with van der Waals surface area (Å²) in [5.74, 6) is 0.431. The minimum absolute atomic E-state index is 0.0218. The van der Waals surface area contributed by atoms with Gasteiger partial charge in [-0.2, -0.15) is 0 Å². The van der Waals surface area contributed by atoms with E-state index in [1.807, 2.05) is 12.1 Å². The number of carbonyl (C=O) groups is 1. The van der Waals surface area contributed by atoms with E-state index in [9.17, 15) is 9.90 Å². The molecular formula is C18H22N2O3. The number of hydrogen-bond acceptors (Lipinski definition) is 3. The molecule has 2 atom stereocenters. The second-order valence-corrected chi connectivity index (χ2v) is 6.22. The maximum absolute atomic E-state index is 12.2. The lowest BCUT2D eigenvalue weighted by molar-refractivity contribution is 0.0366. The molecule has 3 rings (SSSR count). The molecule has 5 heteroatoms. The lowest BCUT2D eigenvalue weighted by Gasteiger charge is -2.27. The van der Waals surface area contributed by atoms with Gasteiger partial charge >= 0.3 is 6.03 Å². The standard InChI is InChI=1S/C18H22N2O3/c1-18(22,16-10-5-11-23-16)12-19-17(21)20-15-9-4-7-13-6-2-3-8-14(13)15/h2-3,5-6,8,10-11,15,22H,4,7,9,12H2,1H3,(H2,19,20,21)/t15-,18-/m1/s1. The Kier molecular flexibility index (Phi) is 4.39. The van der Waals surface area contributed by atoms with Gasteiger partial charge in [0.15, 0.2) is 0 Å². The molecule has 0 bridgehead atoms. The monoisotopic (exact) mass is 314 g/mol. The fourth-order valence-corrected chi connectivity index (χ4v) is 3.04. The fraction of sp³-hybridized carbons (Fsp3) is 0.389. The number of nitrogens with one attached hydrogen (secondary N) is 2. The lowest BCUT2D eigenvalue weighted by atomic mass is 9.88. The van der Waals surface area contributed by atoms with Crippen LogP contribution in [0, 0.1) is 0 Å². The Balaban J connectivity index is 1.58. The first-order valence-electron chi connectivity index (χ1n) is 7.95. The molecule has 1 heterocycles. The van der Waals surface area contributed by atoms with Crippen molar-refractivity contribution in [1.82, 2.24) is 10.6 Å². The number of aryl methyl sites for hydroxylation is 1. The highest BCUT2D eigenvalue weighted by molar-refractivity contribution is 5.74. The van der Waals surface area contributed by atoms with E-state index in [0.29, 0.717) is 5.76 Å². The topological polar surface area (TPSA) is 74.5 Å². The van der Waals surface area contributed by atoms with Crippen molar-refractivity contribution < 1.29 is 14.3 Å². The van der Waals surface area contributed by atoms with Gasteiger partial charge in [0, 0.05) is 0 Å². The van der Waals surface area contributed by atoms with E-state index >= 15 is 0 Å². The number of amides is 2. The summed E-state index contributed by atoms with van der Waals surface area (Å²) in [5, 5.41) is 16.1. The van der Waals surface area contributed by atoms with Crippen molar-refractivity contribution in [2.75, 3.05) is 6.54 Å². The Morgan fingerprint density at radius 3 is 2.96 bits per heavy atom. The molecule has 2 aromatic rings. The van der Waals surface area contributed by atoms with Crippen molar-refractivity contribution in [3.8, 4) is 0 Å². The van der Waals surface area contributed by atoms with E-state index in [4.69, 9.17) is 4.42 Å². The summed E-state index contributed by atoms with van der Waals surface area (Å²) < 4.78 is 5.21. The molecule has 0 saturated carbocycles. The maximum Gasteiger partial charge on any atom is 0.315 e. The smallest absolute Gasteiger partial charge is 0.315 e. The molecule has 0 unspecified atom stereocenters. The number of carbonyl (C=O) groups excluding carboxylic acids is 1. The predicted octanol–water partition coefficient (Wildman–Crippen LogP) is 2.86. The van der Waals surface area contributed by atoms with Crippen LogP contribution in [0.2, 0.25) is 0 Å². The van der Waals surface area contributed by atoms with Crippen molar-refractivity contribution in [3.05, 3.63) is 59.5 Å². The zero-order valence-corrected chi connectivity index (χ0v) is 13.2. The fourth-order valence-electron chi connectivity index (χ4n) is 3.04. The van der Waals surface area contributed by atoms with E-state index in [1.165, 1.54) is 17.4 Å². The van der Waals surface area contributed by atoms with E-state index in [-0.39, 0.29) is 18.6 Å². The quantitative estimate of drug-likeness (QED) is 0.812. The first-order chi connectivity index (χ1) is 11.1. The number of urea groups is 1. The van der Waals surface area contributed by atoms with Gasteiger partial charge in [0.1, 0.15) is 11.4 Å². The number of fused-ring (bicyclic) bond motifs is 1. The third-order valence-electron chi connectivity index (χ3n) is 4.32. The average Bonchev–Trinajstić information content (AvgIpc) is 3.09. The van der Waals surface area contributed by atoms with Gasteiger partial charge < -0.3 is 20.2 Å². The highest BCUT2D eigenvalue weighted by Crippen LogP contribution is 2.29. The summed E-state index contributed by atoms with van der Waals surface area (Å²) in [6.07, 6.45) is 4.55. The van der Waals surface area contributed by atoms with Gasteiger partial charge in [-0.25, -0.2) is 4.79 Å². The minimum Gasteiger partial charge on any atom is -0.466 e. The Morgan fingerprint density at radius 1 is 1.35 bits per heavy atom. The summed E-state index contributed by atoms with van der Waals surface area (Å²) in [6.45, 7) is 1.70. The average molecular weight is 314 g/mol. The second kappa shape index (κ2) is 6.46. The molecular weight excluding hydrogens is 292 g/mol. The number of benzene rings is 1. The van der Waals surface area contributed by atoms with Crippen LogP contribution in [0.15, 0.2) is 47.1 Å². The van der Waals surface area contributed by atoms with Crippen LogP contribution in [0.4, 0.5) is 4.79 Å². The Hall–Kier alpha value is -2.27. The largest absolute Gasteiger partial charge is 0.466 e.